The molecule has 0 atom stereocenters. The van der Waals surface area contributed by atoms with Crippen LogP contribution in [0.15, 0.2) is 76.7 Å². The molecule has 12 heteroatoms. The number of anilines is 2. The van der Waals surface area contributed by atoms with E-state index in [-0.39, 0.29) is 33.0 Å². The molecule has 3 aromatic rings. The van der Waals surface area contributed by atoms with E-state index in [0.29, 0.717) is 16.3 Å². The molecule has 0 spiro atoms. The highest BCUT2D eigenvalue weighted by Gasteiger charge is 2.37. The summed E-state index contributed by atoms with van der Waals surface area (Å²) in [6, 6.07) is 18.0. The second-order valence-corrected chi connectivity index (χ2v) is 10.1. The van der Waals surface area contributed by atoms with Crippen molar-refractivity contribution in [2.24, 2.45) is 16.0 Å². The van der Waals surface area contributed by atoms with Crippen LogP contribution in [0, 0.1) is 0 Å². The van der Waals surface area contributed by atoms with Gasteiger partial charge in [-0.1, -0.05) is 59.6 Å². The zero-order valence-electron chi connectivity index (χ0n) is 17.4. The summed E-state index contributed by atoms with van der Waals surface area (Å²) in [6.07, 6.45) is 0. The van der Waals surface area contributed by atoms with Gasteiger partial charge >= 0.3 is 0 Å². The summed E-state index contributed by atoms with van der Waals surface area (Å²) in [4.78, 5) is 14.8. The van der Waals surface area contributed by atoms with Crippen molar-refractivity contribution in [2.45, 2.75) is 11.4 Å². The zero-order chi connectivity index (χ0) is 24.6. The van der Waals surface area contributed by atoms with Gasteiger partial charge in [0, 0.05) is 10.6 Å². The number of carbonyl (C=O) groups is 1. The molecule has 3 aromatic carbocycles. The average molecular weight is 534 g/mol. The molecule has 0 aliphatic carbocycles. The van der Waals surface area contributed by atoms with Gasteiger partial charge in [-0.05, 0) is 48.1 Å². The Bertz CT molecular complexity index is 1450. The topological polar surface area (TPSA) is 122 Å². The molecule has 1 heterocycles. The number of rotatable bonds is 5. The van der Waals surface area contributed by atoms with E-state index in [1.54, 1.807) is 6.07 Å². The second-order valence-electron chi connectivity index (χ2n) is 7.30. The molecule has 1 amide bonds. The fourth-order valence-electron chi connectivity index (χ4n) is 3.51. The molecule has 0 aromatic heterocycles. The monoisotopic (exact) mass is 533 g/mol. The van der Waals surface area contributed by atoms with E-state index in [1.165, 1.54) is 35.2 Å². The lowest BCUT2D eigenvalue weighted by atomic mass is 10.1. The maximum atomic E-state index is 13.5. The molecule has 0 saturated heterocycles. The summed E-state index contributed by atoms with van der Waals surface area (Å²) in [5.41, 5.74) is 7.79. The maximum Gasteiger partial charge on any atom is 0.279 e. The van der Waals surface area contributed by atoms with Crippen molar-refractivity contribution in [3.05, 3.63) is 87.9 Å². The third-order valence-electron chi connectivity index (χ3n) is 4.98. The molecule has 0 bridgehead atoms. The summed E-state index contributed by atoms with van der Waals surface area (Å²) in [7, 11) is -4.00. The first-order chi connectivity index (χ1) is 16.1. The molecule has 0 unspecified atom stereocenters. The fourth-order valence-corrected chi connectivity index (χ4v) is 4.80. The fraction of sp³-hybridized carbons (Fsp3) is 0.0455. The summed E-state index contributed by atoms with van der Waals surface area (Å²) < 4.78 is 23.6. The lowest BCUT2D eigenvalue weighted by Gasteiger charge is -2.19. The predicted octanol–water partition coefficient (Wildman–Crippen LogP) is 3.64. The van der Waals surface area contributed by atoms with E-state index in [2.05, 4.69) is 5.10 Å². The zero-order valence-corrected chi connectivity index (χ0v) is 20.5. The lowest BCUT2D eigenvalue weighted by molar-refractivity contribution is -0.112. The molecule has 34 heavy (non-hydrogen) atoms. The Labute approximate surface area is 211 Å². The van der Waals surface area contributed by atoms with Crippen LogP contribution in [0.4, 0.5) is 11.4 Å². The molecule has 4 N–H and O–H groups in total. The molecule has 1 aliphatic rings. The lowest BCUT2D eigenvalue weighted by Crippen LogP contribution is -2.35. The third kappa shape index (κ3) is 4.77. The number of hydrogen-bond acceptors (Lipinski definition) is 5. The first kappa shape index (κ1) is 24.1. The highest BCUT2D eigenvalue weighted by Crippen LogP contribution is 2.40. The van der Waals surface area contributed by atoms with Crippen molar-refractivity contribution in [1.29, 1.82) is 0 Å². The number of thiocarbonyl (C=S) groups is 1. The van der Waals surface area contributed by atoms with E-state index in [4.69, 9.17) is 46.3 Å². The van der Waals surface area contributed by atoms with Crippen molar-refractivity contribution in [2.75, 3.05) is 9.91 Å². The third-order valence-corrected chi connectivity index (χ3v) is 6.57. The molecular weight excluding hydrogens is 517 g/mol. The Morgan fingerprint density at radius 3 is 2.41 bits per heavy atom. The van der Waals surface area contributed by atoms with Crippen LogP contribution in [-0.2, 0) is 21.4 Å². The smallest absolute Gasteiger partial charge is 0.279 e. The van der Waals surface area contributed by atoms with Gasteiger partial charge in [-0.25, -0.2) is 18.6 Å². The van der Waals surface area contributed by atoms with Crippen molar-refractivity contribution in [3.8, 4) is 0 Å². The minimum atomic E-state index is -4.00. The number of sulfonamides is 1. The van der Waals surface area contributed by atoms with Crippen molar-refractivity contribution in [3.63, 3.8) is 0 Å². The maximum absolute atomic E-state index is 13.5. The summed E-state index contributed by atoms with van der Waals surface area (Å²) in [5, 5.41) is 11.1. The predicted molar refractivity (Wildman–Crippen MR) is 138 cm³/mol. The van der Waals surface area contributed by atoms with Gasteiger partial charge in [-0.3, -0.25) is 4.79 Å². The quantitative estimate of drug-likeness (QED) is 0.381. The summed E-state index contributed by atoms with van der Waals surface area (Å²) in [6.45, 7) is 0.237. The molecule has 8 nitrogen and oxygen atoms in total. The van der Waals surface area contributed by atoms with Gasteiger partial charge in [0.15, 0.2) is 10.8 Å². The highest BCUT2D eigenvalue weighted by atomic mass is 35.5. The SMILES string of the molecule is NC(=S)N(/N=C1\C(=O)N(Cc2ccccc2)c2c(Cl)cc(Cl)cc21)c1cccc(S(N)(=O)=O)c1. The van der Waals surface area contributed by atoms with E-state index in [1.807, 2.05) is 30.3 Å². The molecular formula is C22H17Cl2N5O3S2. The molecule has 1 aliphatic heterocycles. The van der Waals surface area contributed by atoms with Crippen LogP contribution >= 0.6 is 35.4 Å². The number of nitrogens with zero attached hydrogens (tertiary/aromatic N) is 3. The number of benzene rings is 3. The Hall–Kier alpha value is -3.02. The number of fused-ring (bicyclic) bond motifs is 1. The minimum Gasteiger partial charge on any atom is -0.374 e. The standard InChI is InChI=1S/C22H17Cl2N5O3S2/c23-14-9-17-19(27-29(22(25)33)15-7-4-8-16(11-15)34(26,31)32)21(30)28(20(17)18(24)10-14)12-13-5-2-1-3-6-13/h1-11H,12H2,(H2,25,33)(H2,26,31,32)/b27-19-. The highest BCUT2D eigenvalue weighted by molar-refractivity contribution is 7.89. The van der Waals surface area contributed by atoms with Crippen LogP contribution in [0.25, 0.3) is 0 Å². The van der Waals surface area contributed by atoms with Gasteiger partial charge in [-0.15, -0.1) is 0 Å². The van der Waals surface area contributed by atoms with Crippen LogP contribution in [0.5, 0.6) is 0 Å². The minimum absolute atomic E-state index is 0.0101. The van der Waals surface area contributed by atoms with E-state index >= 15 is 0 Å². The summed E-state index contributed by atoms with van der Waals surface area (Å²) in [5.74, 6) is -0.452. The number of nitrogens with two attached hydrogens (primary N) is 2. The summed E-state index contributed by atoms with van der Waals surface area (Å²) >= 11 is 17.8. The van der Waals surface area contributed by atoms with Gasteiger partial charge in [0.2, 0.25) is 10.0 Å². The Balaban J connectivity index is 1.85. The van der Waals surface area contributed by atoms with Gasteiger partial charge in [0.1, 0.15) is 0 Å². The van der Waals surface area contributed by atoms with Crippen LogP contribution in [0.1, 0.15) is 11.1 Å². The van der Waals surface area contributed by atoms with E-state index in [0.717, 1.165) is 10.6 Å². The van der Waals surface area contributed by atoms with Crippen LogP contribution in [0.2, 0.25) is 10.0 Å². The second kappa shape index (κ2) is 9.32. The normalized spacial score (nSPS) is 14.4. The Kier molecular flexibility index (Phi) is 6.61. The number of amides is 1. The number of halogens is 2. The van der Waals surface area contributed by atoms with Crippen molar-refractivity contribution in [1.82, 2.24) is 0 Å². The number of hydrazone groups is 1. The van der Waals surface area contributed by atoms with Crippen LogP contribution in [-0.4, -0.2) is 25.1 Å². The first-order valence-corrected chi connectivity index (χ1v) is 12.4. The van der Waals surface area contributed by atoms with Gasteiger partial charge in [0.05, 0.1) is 27.8 Å². The van der Waals surface area contributed by atoms with Crippen molar-refractivity contribution >= 4 is 73.5 Å². The largest absolute Gasteiger partial charge is 0.374 e. The molecule has 0 radical (unpaired) electrons. The van der Waals surface area contributed by atoms with Gasteiger partial charge < -0.3 is 10.6 Å². The Morgan fingerprint density at radius 1 is 1.06 bits per heavy atom. The Morgan fingerprint density at radius 2 is 1.76 bits per heavy atom. The van der Waals surface area contributed by atoms with E-state index < -0.39 is 15.9 Å². The first-order valence-electron chi connectivity index (χ1n) is 9.72. The van der Waals surface area contributed by atoms with E-state index in [9.17, 15) is 13.2 Å². The van der Waals surface area contributed by atoms with Gasteiger partial charge in [-0.2, -0.15) is 5.10 Å². The number of primary sulfonamides is 1. The van der Waals surface area contributed by atoms with Crippen molar-refractivity contribution < 1.29 is 13.2 Å². The van der Waals surface area contributed by atoms with Crippen LogP contribution < -0.4 is 20.8 Å². The molecule has 4 rings (SSSR count). The molecule has 0 fully saturated rings. The average Bonchev–Trinajstić information content (AvgIpc) is 3.03. The molecule has 0 saturated carbocycles. The molecule has 174 valence electrons. The number of carbonyl (C=O) groups excluding carboxylic acids is 1. The number of hydrogen-bond donors (Lipinski definition) is 2. The van der Waals surface area contributed by atoms with Gasteiger partial charge in [0.25, 0.3) is 5.91 Å². The van der Waals surface area contributed by atoms with Crippen LogP contribution in [0.3, 0.4) is 0 Å².